The summed E-state index contributed by atoms with van der Waals surface area (Å²) in [5.74, 6) is 4.18. The number of hydrogen-bond acceptors (Lipinski definition) is 9. The minimum atomic E-state index is -2.26. The first-order valence-electron chi connectivity index (χ1n) is 18.0. The van der Waals surface area contributed by atoms with E-state index in [9.17, 15) is 19.2 Å². The summed E-state index contributed by atoms with van der Waals surface area (Å²) in [7, 11) is 0. The van der Waals surface area contributed by atoms with Crippen LogP contribution in [0.25, 0.3) is 22.3 Å². The van der Waals surface area contributed by atoms with Crippen molar-refractivity contribution in [2.45, 2.75) is 92.8 Å². The normalized spacial score (nSPS) is 17.9. The SMILES string of the molecule is CC[C@@]1(OC(=O)OCc2ccccc2)C(=O)OCc2c1cc1n(c2=O)Cc2c-1nc1ccccc1c2C[CH2][Ge]([CH3])([CH3])[CH2]CCOC(=O)C1CCC1. The quantitative estimate of drug-likeness (QED) is 0.0554. The number of fused-ring (bicyclic) bond motifs is 5. The number of pyridine rings is 2. The molecule has 1 atom stereocenters. The first kappa shape index (κ1) is 35.0. The third kappa shape index (κ3) is 6.82. The summed E-state index contributed by atoms with van der Waals surface area (Å²) in [5, 5.41) is 3.23. The van der Waals surface area contributed by atoms with E-state index in [1.165, 1.54) is 5.56 Å². The topological polar surface area (TPSA) is 123 Å². The van der Waals surface area contributed by atoms with E-state index >= 15 is 0 Å². The van der Waals surface area contributed by atoms with Gasteiger partial charge in [0.2, 0.25) is 0 Å². The van der Waals surface area contributed by atoms with Crippen LogP contribution in [-0.2, 0) is 60.3 Å². The zero-order chi connectivity index (χ0) is 35.8. The summed E-state index contributed by atoms with van der Waals surface area (Å²) in [6, 6.07) is 19.0. The maximum absolute atomic E-state index is 14.2. The minimum absolute atomic E-state index is 0.0318. The molecule has 2 aromatic heterocycles. The number of para-hydroxylation sites is 1. The van der Waals surface area contributed by atoms with Crippen molar-refractivity contribution in [2.24, 2.45) is 5.92 Å². The molecule has 7 rings (SSSR count). The Morgan fingerprint density at radius 2 is 1.76 bits per heavy atom. The Morgan fingerprint density at radius 1 is 1.00 bits per heavy atom. The Balaban J connectivity index is 1.17. The molecule has 1 aliphatic carbocycles. The van der Waals surface area contributed by atoms with E-state index in [1.807, 2.05) is 48.5 Å². The number of ether oxygens (including phenoxy) is 4. The number of cyclic esters (lactones) is 1. The number of aryl methyl sites for hydroxylation is 1. The van der Waals surface area contributed by atoms with E-state index < -0.39 is 31.0 Å². The molecule has 266 valence electrons. The fourth-order valence-electron chi connectivity index (χ4n) is 7.52. The van der Waals surface area contributed by atoms with Gasteiger partial charge in [0.15, 0.2) is 0 Å². The van der Waals surface area contributed by atoms with E-state index in [1.54, 1.807) is 17.6 Å². The molecule has 0 saturated heterocycles. The first-order valence-corrected chi connectivity index (χ1v) is 25.2. The number of esters is 2. The second-order valence-corrected chi connectivity index (χ2v) is 25.9. The molecule has 2 aromatic carbocycles. The van der Waals surface area contributed by atoms with Crippen LogP contribution in [0.15, 0.2) is 65.5 Å². The molecule has 2 aliphatic heterocycles. The first-order chi connectivity index (χ1) is 24.6. The molecule has 1 fully saturated rings. The molecule has 0 N–H and O–H groups in total. The van der Waals surface area contributed by atoms with Crippen LogP contribution >= 0.6 is 0 Å². The van der Waals surface area contributed by atoms with Gasteiger partial charge >= 0.3 is 258 Å². The van der Waals surface area contributed by atoms with Crippen LogP contribution in [0.2, 0.25) is 22.0 Å². The van der Waals surface area contributed by atoms with Gasteiger partial charge in [-0.1, -0.05) is 30.3 Å². The zero-order valence-electron chi connectivity index (χ0n) is 29.5. The van der Waals surface area contributed by atoms with Gasteiger partial charge in [-0.15, -0.1) is 0 Å². The van der Waals surface area contributed by atoms with Gasteiger partial charge in [0.05, 0.1) is 0 Å². The van der Waals surface area contributed by atoms with Crippen molar-refractivity contribution < 1.29 is 33.3 Å². The van der Waals surface area contributed by atoms with Crippen molar-refractivity contribution >= 4 is 42.3 Å². The molecule has 11 heteroatoms. The molecule has 4 heterocycles. The molecule has 0 radical (unpaired) electrons. The van der Waals surface area contributed by atoms with Crippen molar-refractivity contribution in [3.05, 3.63) is 98.8 Å². The Bertz CT molecular complexity index is 2060. The summed E-state index contributed by atoms with van der Waals surface area (Å²) in [6.07, 6.45) is 3.77. The second-order valence-electron chi connectivity index (χ2n) is 14.7. The molecule has 51 heavy (non-hydrogen) atoms. The molecular formula is C40H44GeN2O8. The van der Waals surface area contributed by atoms with Gasteiger partial charge < -0.3 is 0 Å². The maximum atomic E-state index is 14.2. The summed E-state index contributed by atoms with van der Waals surface area (Å²) >= 11 is -2.26. The van der Waals surface area contributed by atoms with Gasteiger partial charge in [-0.05, 0) is 5.56 Å². The number of benzene rings is 2. The molecule has 3 aliphatic rings. The molecule has 0 spiro atoms. The summed E-state index contributed by atoms with van der Waals surface area (Å²) in [4.78, 5) is 58.0. The van der Waals surface area contributed by atoms with E-state index in [2.05, 4.69) is 17.6 Å². The van der Waals surface area contributed by atoms with Gasteiger partial charge in [-0.25, -0.2) is 0 Å². The Hall–Kier alpha value is -4.45. The molecule has 0 amide bonds. The molecule has 10 nitrogen and oxygen atoms in total. The third-order valence-corrected chi connectivity index (χ3v) is 17.8. The van der Waals surface area contributed by atoms with Crippen LogP contribution in [0.4, 0.5) is 4.79 Å². The molecule has 4 aromatic rings. The van der Waals surface area contributed by atoms with Crippen LogP contribution in [0, 0.1) is 5.92 Å². The number of nitrogens with zero attached hydrogens (tertiary/aromatic N) is 2. The van der Waals surface area contributed by atoms with Crippen LogP contribution < -0.4 is 5.56 Å². The third-order valence-electron chi connectivity index (χ3n) is 10.9. The predicted molar refractivity (Wildman–Crippen MR) is 194 cm³/mol. The van der Waals surface area contributed by atoms with Crippen LogP contribution in [0.3, 0.4) is 0 Å². The number of carbonyl (C=O) groups excluding carboxylic acids is 3. The zero-order valence-corrected chi connectivity index (χ0v) is 31.6. The van der Waals surface area contributed by atoms with Crippen LogP contribution in [0.1, 0.15) is 66.8 Å². The standard InChI is InChI=1S/C40H44GeN2O8/c1-4-40(51-39(47)50-24-26-12-6-5-7-13-26)32-22-34-35-30(23-43(34)36(44)31(32)25-49-38(40)46)28(29-16-8-9-17-33(29)42-35)18-20-41(2,3)19-11-21-48-37(45)27-14-10-15-27/h5-9,12-13,16-17,22,27H,4,10-11,14-15,18-21,23-25H2,1-3H3/t40-/m0/s1. The fourth-order valence-corrected chi connectivity index (χ4v) is 12.3. The van der Waals surface area contributed by atoms with Crippen molar-refractivity contribution in [3.8, 4) is 11.4 Å². The number of rotatable bonds is 12. The van der Waals surface area contributed by atoms with Gasteiger partial charge in [0, 0.05) is 0 Å². The fraction of sp³-hybridized carbons (Fsp3) is 0.425. The summed E-state index contributed by atoms with van der Waals surface area (Å²) in [6.45, 7) is 2.31. The average molecular weight is 753 g/mol. The van der Waals surface area contributed by atoms with Gasteiger partial charge in [-0.3, -0.25) is 0 Å². The van der Waals surface area contributed by atoms with E-state index in [0.29, 0.717) is 30.1 Å². The van der Waals surface area contributed by atoms with Gasteiger partial charge in [0.1, 0.15) is 6.61 Å². The van der Waals surface area contributed by atoms with Gasteiger partial charge in [-0.2, -0.15) is 0 Å². The second kappa shape index (κ2) is 14.3. The van der Waals surface area contributed by atoms with Gasteiger partial charge in [0.25, 0.3) is 0 Å². The van der Waals surface area contributed by atoms with Crippen LogP contribution in [0.5, 0.6) is 0 Å². The van der Waals surface area contributed by atoms with E-state index in [4.69, 9.17) is 23.9 Å². The number of hydrogen-bond donors (Lipinski definition) is 0. The Labute approximate surface area is 299 Å². The van der Waals surface area contributed by atoms with Crippen molar-refractivity contribution in [1.29, 1.82) is 0 Å². The molecule has 0 unspecified atom stereocenters. The molecule has 1 saturated carbocycles. The average Bonchev–Trinajstić information content (AvgIpc) is 3.47. The van der Waals surface area contributed by atoms with Crippen molar-refractivity contribution in [3.63, 3.8) is 0 Å². The Kier molecular flexibility index (Phi) is 9.80. The molecular weight excluding hydrogens is 709 g/mol. The monoisotopic (exact) mass is 754 g/mol. The number of aromatic nitrogens is 2. The molecule has 0 bridgehead atoms. The van der Waals surface area contributed by atoms with Crippen molar-refractivity contribution in [2.75, 3.05) is 6.61 Å². The Morgan fingerprint density at radius 3 is 2.51 bits per heavy atom. The summed E-state index contributed by atoms with van der Waals surface area (Å²) < 4.78 is 24.0. The predicted octanol–water partition coefficient (Wildman–Crippen LogP) is 7.43. The van der Waals surface area contributed by atoms with Crippen LogP contribution in [-0.4, -0.2) is 47.5 Å². The van der Waals surface area contributed by atoms with E-state index in [-0.39, 0.29) is 42.6 Å². The number of carbonyl (C=O) groups is 3. The summed E-state index contributed by atoms with van der Waals surface area (Å²) in [5.41, 5.74) is 3.52. The van der Waals surface area contributed by atoms with E-state index in [0.717, 1.165) is 64.6 Å². The van der Waals surface area contributed by atoms with Crippen molar-refractivity contribution in [1.82, 2.24) is 9.55 Å².